The van der Waals surface area contributed by atoms with Crippen LogP contribution in [0.1, 0.15) is 48.9 Å². The molecule has 102 valence electrons. The van der Waals surface area contributed by atoms with Gasteiger partial charge in [0.1, 0.15) is 5.56 Å². The number of rotatable bonds is 2. The number of nitrogens with zero attached hydrogens (tertiary/aromatic N) is 1. The van der Waals surface area contributed by atoms with E-state index in [1.54, 1.807) is 18.3 Å². The average Bonchev–Trinajstić information content (AvgIpc) is 3.09. The summed E-state index contributed by atoms with van der Waals surface area (Å²) < 4.78 is 0. The number of H-pyrrole nitrogens is 1. The number of pyridine rings is 1. The molecule has 4 heteroatoms. The minimum atomic E-state index is -0.274. The van der Waals surface area contributed by atoms with E-state index in [0.29, 0.717) is 12.0 Å². The number of aromatic amines is 1. The van der Waals surface area contributed by atoms with Gasteiger partial charge in [0.2, 0.25) is 0 Å². The third-order valence-electron chi connectivity index (χ3n) is 4.55. The van der Waals surface area contributed by atoms with Crippen molar-refractivity contribution in [2.75, 3.05) is 6.54 Å². The van der Waals surface area contributed by atoms with Gasteiger partial charge in [0.15, 0.2) is 0 Å². The van der Waals surface area contributed by atoms with Crippen molar-refractivity contribution in [3.05, 3.63) is 34.2 Å². The fraction of sp³-hybridized carbons (Fsp3) is 0.600. The van der Waals surface area contributed by atoms with Gasteiger partial charge in [-0.25, -0.2) is 0 Å². The number of carbonyl (C=O) groups excluding carboxylic acids is 1. The van der Waals surface area contributed by atoms with Crippen LogP contribution in [0, 0.1) is 5.92 Å². The lowest BCUT2D eigenvalue weighted by atomic mass is 9.95. The minimum absolute atomic E-state index is 0.0868. The Balaban J connectivity index is 1.82. The van der Waals surface area contributed by atoms with E-state index in [1.807, 2.05) is 4.90 Å². The zero-order valence-corrected chi connectivity index (χ0v) is 11.1. The maximum absolute atomic E-state index is 12.5. The van der Waals surface area contributed by atoms with Crippen molar-refractivity contribution in [3.8, 4) is 0 Å². The van der Waals surface area contributed by atoms with Gasteiger partial charge in [0, 0.05) is 18.8 Å². The summed E-state index contributed by atoms with van der Waals surface area (Å²) in [6.07, 6.45) is 8.78. The highest BCUT2D eigenvalue weighted by Crippen LogP contribution is 2.35. The van der Waals surface area contributed by atoms with Crippen LogP contribution < -0.4 is 5.56 Å². The van der Waals surface area contributed by atoms with E-state index in [0.717, 1.165) is 19.4 Å². The minimum Gasteiger partial charge on any atom is -0.335 e. The predicted molar refractivity (Wildman–Crippen MR) is 73.1 cm³/mol. The Hall–Kier alpha value is -1.58. The van der Waals surface area contributed by atoms with Crippen LogP contribution in [-0.4, -0.2) is 28.4 Å². The van der Waals surface area contributed by atoms with Crippen molar-refractivity contribution in [3.63, 3.8) is 0 Å². The first kappa shape index (κ1) is 12.5. The third-order valence-corrected chi connectivity index (χ3v) is 4.55. The van der Waals surface area contributed by atoms with Gasteiger partial charge in [-0.05, 0) is 43.7 Å². The van der Waals surface area contributed by atoms with E-state index in [9.17, 15) is 9.59 Å². The van der Waals surface area contributed by atoms with E-state index < -0.39 is 0 Å². The molecule has 2 heterocycles. The molecule has 0 aromatic carbocycles. The van der Waals surface area contributed by atoms with Crippen LogP contribution in [0.3, 0.4) is 0 Å². The second-order valence-corrected chi connectivity index (χ2v) is 5.67. The molecule has 0 spiro atoms. The summed E-state index contributed by atoms with van der Waals surface area (Å²) in [4.78, 5) is 28.8. The van der Waals surface area contributed by atoms with E-state index in [1.165, 1.54) is 25.7 Å². The molecule has 1 saturated heterocycles. The van der Waals surface area contributed by atoms with E-state index in [-0.39, 0.29) is 17.0 Å². The fourth-order valence-corrected chi connectivity index (χ4v) is 3.62. The van der Waals surface area contributed by atoms with Crippen LogP contribution in [0.15, 0.2) is 23.1 Å². The second kappa shape index (κ2) is 5.19. The standard InChI is InChI=1S/C15H20N2O2/c18-14-12(7-3-9-16-14)15(19)17-10-4-8-13(17)11-5-1-2-6-11/h3,7,9,11,13H,1-2,4-6,8,10H2,(H,16,18). The summed E-state index contributed by atoms with van der Waals surface area (Å²) in [5.41, 5.74) is 0.0111. The zero-order chi connectivity index (χ0) is 13.2. The molecule has 19 heavy (non-hydrogen) atoms. The molecule has 1 N–H and O–H groups in total. The lowest BCUT2D eigenvalue weighted by Gasteiger charge is -2.29. The van der Waals surface area contributed by atoms with Gasteiger partial charge in [0.05, 0.1) is 0 Å². The van der Waals surface area contributed by atoms with Gasteiger partial charge < -0.3 is 9.88 Å². The Morgan fingerprint density at radius 3 is 2.74 bits per heavy atom. The van der Waals surface area contributed by atoms with E-state index in [2.05, 4.69) is 4.98 Å². The van der Waals surface area contributed by atoms with Crippen LogP contribution in [0.5, 0.6) is 0 Å². The Labute approximate surface area is 112 Å². The molecule has 2 fully saturated rings. The normalized spacial score (nSPS) is 24.0. The van der Waals surface area contributed by atoms with Crippen molar-refractivity contribution in [1.82, 2.24) is 9.88 Å². The summed E-state index contributed by atoms with van der Waals surface area (Å²) in [7, 11) is 0. The highest BCUT2D eigenvalue weighted by molar-refractivity contribution is 5.94. The van der Waals surface area contributed by atoms with Gasteiger partial charge in [-0.3, -0.25) is 9.59 Å². The number of nitrogens with one attached hydrogen (secondary N) is 1. The van der Waals surface area contributed by atoms with Crippen molar-refractivity contribution < 1.29 is 4.79 Å². The largest absolute Gasteiger partial charge is 0.335 e. The zero-order valence-electron chi connectivity index (χ0n) is 11.1. The molecule has 1 unspecified atom stereocenters. The molecular formula is C15H20N2O2. The van der Waals surface area contributed by atoms with Gasteiger partial charge in [-0.1, -0.05) is 12.8 Å². The lowest BCUT2D eigenvalue weighted by Crippen LogP contribution is -2.41. The molecule has 1 amide bonds. The molecule has 2 aliphatic rings. The highest BCUT2D eigenvalue weighted by atomic mass is 16.2. The Morgan fingerprint density at radius 1 is 1.21 bits per heavy atom. The predicted octanol–water partition coefficient (Wildman–Crippen LogP) is 2.17. The maximum atomic E-state index is 12.5. The summed E-state index contributed by atoms with van der Waals surface area (Å²) in [5.74, 6) is 0.561. The smallest absolute Gasteiger partial charge is 0.260 e. The molecule has 1 aliphatic heterocycles. The molecule has 0 bridgehead atoms. The fourth-order valence-electron chi connectivity index (χ4n) is 3.62. The van der Waals surface area contributed by atoms with E-state index in [4.69, 9.17) is 0 Å². The number of hydrogen-bond acceptors (Lipinski definition) is 2. The van der Waals surface area contributed by atoms with Gasteiger partial charge >= 0.3 is 0 Å². The lowest BCUT2D eigenvalue weighted by molar-refractivity contribution is 0.0687. The quantitative estimate of drug-likeness (QED) is 0.886. The van der Waals surface area contributed by atoms with Crippen molar-refractivity contribution in [1.29, 1.82) is 0 Å². The molecular weight excluding hydrogens is 240 g/mol. The summed E-state index contributed by atoms with van der Waals surface area (Å²) in [6.45, 7) is 0.800. The first-order valence-corrected chi connectivity index (χ1v) is 7.26. The van der Waals surface area contributed by atoms with Crippen molar-refractivity contribution in [2.24, 2.45) is 5.92 Å². The number of hydrogen-bond donors (Lipinski definition) is 1. The Bertz CT molecular complexity index is 517. The molecule has 1 aliphatic carbocycles. The average molecular weight is 260 g/mol. The highest BCUT2D eigenvalue weighted by Gasteiger charge is 2.36. The first-order valence-electron chi connectivity index (χ1n) is 7.26. The summed E-state index contributed by atoms with van der Waals surface area (Å²) >= 11 is 0. The van der Waals surface area contributed by atoms with Crippen molar-refractivity contribution in [2.45, 2.75) is 44.6 Å². The van der Waals surface area contributed by atoms with Gasteiger partial charge in [-0.2, -0.15) is 0 Å². The Kier molecular flexibility index (Phi) is 3.40. The molecule has 1 saturated carbocycles. The topological polar surface area (TPSA) is 53.2 Å². The third kappa shape index (κ3) is 2.31. The molecule has 1 aromatic heterocycles. The van der Waals surface area contributed by atoms with Crippen LogP contribution in [0.25, 0.3) is 0 Å². The van der Waals surface area contributed by atoms with Crippen LogP contribution in [0.2, 0.25) is 0 Å². The monoisotopic (exact) mass is 260 g/mol. The van der Waals surface area contributed by atoms with Crippen LogP contribution in [0.4, 0.5) is 0 Å². The van der Waals surface area contributed by atoms with E-state index >= 15 is 0 Å². The SMILES string of the molecule is O=C(c1ccc[nH]c1=O)N1CCCC1C1CCCC1. The van der Waals surface area contributed by atoms with Gasteiger partial charge in [0.25, 0.3) is 11.5 Å². The molecule has 0 radical (unpaired) electrons. The number of likely N-dealkylation sites (tertiary alicyclic amines) is 1. The number of carbonyl (C=O) groups is 1. The van der Waals surface area contributed by atoms with Crippen molar-refractivity contribution >= 4 is 5.91 Å². The number of amides is 1. The molecule has 3 rings (SSSR count). The molecule has 1 aromatic rings. The second-order valence-electron chi connectivity index (χ2n) is 5.67. The summed E-state index contributed by atoms with van der Waals surface area (Å²) in [5, 5.41) is 0. The number of aromatic nitrogens is 1. The summed E-state index contributed by atoms with van der Waals surface area (Å²) in [6, 6.07) is 3.70. The van der Waals surface area contributed by atoms with Crippen LogP contribution >= 0.6 is 0 Å². The van der Waals surface area contributed by atoms with Gasteiger partial charge in [-0.15, -0.1) is 0 Å². The molecule has 4 nitrogen and oxygen atoms in total. The first-order chi connectivity index (χ1) is 9.27. The molecule has 1 atom stereocenters. The van der Waals surface area contributed by atoms with Crippen LogP contribution in [-0.2, 0) is 0 Å². The Morgan fingerprint density at radius 2 is 2.00 bits per heavy atom. The maximum Gasteiger partial charge on any atom is 0.260 e.